The number of carbonyl (C=O) groups is 2. The average Bonchev–Trinajstić information content (AvgIpc) is 2.57. The first-order valence-corrected chi connectivity index (χ1v) is 8.54. The summed E-state index contributed by atoms with van der Waals surface area (Å²) in [5.41, 5.74) is 0.555. The summed E-state index contributed by atoms with van der Waals surface area (Å²) in [4.78, 5) is 26.4. The zero-order valence-electron chi connectivity index (χ0n) is 14.3. The fraction of sp³-hybridized carbons (Fsp3) is 0.579. The number of nitrogens with zero attached hydrogens (tertiary/aromatic N) is 1. The molecule has 1 N–H and O–H groups in total. The van der Waals surface area contributed by atoms with E-state index >= 15 is 0 Å². The molecule has 0 radical (unpaired) electrons. The Hall–Kier alpha value is -1.84. The average molecular weight is 317 g/mol. The molecule has 1 fully saturated rings. The summed E-state index contributed by atoms with van der Waals surface area (Å²) in [6, 6.07) is 9.96. The quantitative estimate of drug-likeness (QED) is 0.906. The molecule has 1 amide bonds. The van der Waals surface area contributed by atoms with Gasteiger partial charge in [0, 0.05) is 13.1 Å². The maximum absolute atomic E-state index is 13.3. The monoisotopic (exact) mass is 317 g/mol. The summed E-state index contributed by atoms with van der Waals surface area (Å²) < 4.78 is 0. The molecule has 2 rings (SSSR count). The minimum atomic E-state index is -0.745. The van der Waals surface area contributed by atoms with E-state index in [0.717, 1.165) is 18.4 Å². The number of carboxylic acids is 1. The van der Waals surface area contributed by atoms with Gasteiger partial charge in [-0.1, -0.05) is 51.1 Å². The van der Waals surface area contributed by atoms with Crippen LogP contribution in [-0.4, -0.2) is 35.0 Å². The minimum Gasteiger partial charge on any atom is -0.481 e. The summed E-state index contributed by atoms with van der Waals surface area (Å²) in [5.74, 6) is -0.949. The van der Waals surface area contributed by atoms with Crippen molar-refractivity contribution in [1.82, 2.24) is 4.90 Å². The maximum Gasteiger partial charge on any atom is 0.306 e. The number of carbonyl (C=O) groups excluding carboxylic acids is 1. The number of benzene rings is 1. The molecule has 4 heteroatoms. The van der Waals surface area contributed by atoms with E-state index in [2.05, 4.69) is 13.8 Å². The van der Waals surface area contributed by atoms with E-state index in [4.69, 9.17) is 0 Å². The highest BCUT2D eigenvalue weighted by atomic mass is 16.4. The predicted molar refractivity (Wildman–Crippen MR) is 90.2 cm³/mol. The normalized spacial score (nSPS) is 22.0. The first-order chi connectivity index (χ1) is 11.0. The van der Waals surface area contributed by atoms with Gasteiger partial charge in [-0.05, 0) is 30.7 Å². The molecular formula is C19H27NO3. The van der Waals surface area contributed by atoms with Crippen LogP contribution in [-0.2, 0) is 15.0 Å². The topological polar surface area (TPSA) is 57.6 Å². The van der Waals surface area contributed by atoms with Crippen molar-refractivity contribution in [2.45, 2.75) is 45.4 Å². The van der Waals surface area contributed by atoms with Gasteiger partial charge in [0.1, 0.15) is 0 Å². The summed E-state index contributed by atoms with van der Waals surface area (Å²) in [6.45, 7) is 7.11. The van der Waals surface area contributed by atoms with Crippen molar-refractivity contribution in [3.05, 3.63) is 35.9 Å². The van der Waals surface area contributed by atoms with Gasteiger partial charge in [0.25, 0.3) is 0 Å². The Morgan fingerprint density at radius 2 is 1.83 bits per heavy atom. The fourth-order valence-electron chi connectivity index (χ4n) is 3.84. The molecule has 2 unspecified atom stereocenters. The maximum atomic E-state index is 13.3. The Bertz CT molecular complexity index is 551. The zero-order chi connectivity index (χ0) is 17.0. The molecule has 0 bridgehead atoms. The van der Waals surface area contributed by atoms with Crippen molar-refractivity contribution in [3.8, 4) is 0 Å². The van der Waals surface area contributed by atoms with Crippen molar-refractivity contribution < 1.29 is 14.7 Å². The number of likely N-dealkylation sites (tertiary alicyclic amines) is 1. The Labute approximate surface area is 138 Å². The van der Waals surface area contributed by atoms with Crippen molar-refractivity contribution in [3.63, 3.8) is 0 Å². The van der Waals surface area contributed by atoms with Gasteiger partial charge in [0.05, 0.1) is 11.3 Å². The Morgan fingerprint density at radius 1 is 1.22 bits per heavy atom. The second-order valence-electron chi connectivity index (χ2n) is 6.62. The molecular weight excluding hydrogens is 290 g/mol. The van der Waals surface area contributed by atoms with Crippen LogP contribution in [0.25, 0.3) is 0 Å². The Morgan fingerprint density at radius 3 is 2.30 bits per heavy atom. The summed E-state index contributed by atoms with van der Waals surface area (Å²) in [5, 5.41) is 9.26. The lowest BCUT2D eigenvalue weighted by Gasteiger charge is -2.41. The minimum absolute atomic E-state index is 0.00705. The van der Waals surface area contributed by atoms with Gasteiger partial charge in [-0.25, -0.2) is 0 Å². The van der Waals surface area contributed by atoms with E-state index in [-0.39, 0.29) is 17.7 Å². The van der Waals surface area contributed by atoms with Crippen LogP contribution in [0.3, 0.4) is 0 Å². The highest BCUT2D eigenvalue weighted by Gasteiger charge is 2.42. The van der Waals surface area contributed by atoms with Crippen LogP contribution < -0.4 is 0 Å². The fourth-order valence-corrected chi connectivity index (χ4v) is 3.84. The van der Waals surface area contributed by atoms with Crippen LogP contribution in [0.4, 0.5) is 0 Å². The molecule has 1 aromatic rings. The number of amides is 1. The molecule has 1 aromatic carbocycles. The first-order valence-electron chi connectivity index (χ1n) is 8.54. The van der Waals surface area contributed by atoms with E-state index in [1.807, 2.05) is 42.2 Å². The van der Waals surface area contributed by atoms with E-state index in [1.165, 1.54) is 0 Å². The number of hydrogen-bond donors (Lipinski definition) is 1. The lowest BCUT2D eigenvalue weighted by molar-refractivity contribution is -0.150. The van der Waals surface area contributed by atoms with Crippen LogP contribution in [0.1, 0.15) is 45.6 Å². The van der Waals surface area contributed by atoms with Gasteiger partial charge in [-0.2, -0.15) is 0 Å². The van der Waals surface area contributed by atoms with E-state index in [1.54, 1.807) is 0 Å². The number of rotatable bonds is 5. The van der Waals surface area contributed by atoms with Gasteiger partial charge in [0.2, 0.25) is 5.91 Å². The second kappa shape index (κ2) is 7.16. The molecule has 4 nitrogen and oxygen atoms in total. The molecule has 1 saturated heterocycles. The molecule has 0 aliphatic carbocycles. The number of piperidine rings is 1. The first kappa shape index (κ1) is 17.5. The molecule has 1 aliphatic rings. The Balaban J connectivity index is 2.25. The smallest absolute Gasteiger partial charge is 0.306 e. The van der Waals surface area contributed by atoms with Gasteiger partial charge < -0.3 is 10.0 Å². The highest BCUT2D eigenvalue weighted by molar-refractivity contribution is 5.88. The molecule has 0 aromatic heterocycles. The summed E-state index contributed by atoms with van der Waals surface area (Å²) in [6.07, 6.45) is 2.04. The third-order valence-corrected chi connectivity index (χ3v) is 5.45. The van der Waals surface area contributed by atoms with Crippen molar-refractivity contribution in [2.75, 3.05) is 13.1 Å². The Kier molecular flexibility index (Phi) is 5.45. The third-order valence-electron chi connectivity index (χ3n) is 5.45. The van der Waals surface area contributed by atoms with E-state index < -0.39 is 11.4 Å². The molecule has 0 saturated carbocycles. The molecule has 126 valence electrons. The highest BCUT2D eigenvalue weighted by Crippen LogP contribution is 2.36. The number of aliphatic carboxylic acids is 1. The van der Waals surface area contributed by atoms with Crippen LogP contribution >= 0.6 is 0 Å². The molecule has 23 heavy (non-hydrogen) atoms. The summed E-state index contributed by atoms with van der Waals surface area (Å²) in [7, 11) is 0. The van der Waals surface area contributed by atoms with Crippen LogP contribution in [0.2, 0.25) is 0 Å². The number of carboxylic acid groups (broad SMARTS) is 1. The van der Waals surface area contributed by atoms with Crippen molar-refractivity contribution >= 4 is 11.9 Å². The summed E-state index contributed by atoms with van der Waals surface area (Å²) >= 11 is 0. The van der Waals surface area contributed by atoms with E-state index in [9.17, 15) is 14.7 Å². The van der Waals surface area contributed by atoms with Crippen molar-refractivity contribution in [2.24, 2.45) is 11.8 Å². The van der Waals surface area contributed by atoms with Crippen LogP contribution in [0.5, 0.6) is 0 Å². The molecule has 2 atom stereocenters. The standard InChI is InChI=1S/C19H27NO3/c1-4-19(5-2,15-9-7-6-8-10-15)18(23)20-12-11-16(17(21)22)14(3)13-20/h6-10,14,16H,4-5,11-13H2,1-3H3,(H,21,22). The van der Waals surface area contributed by atoms with Crippen LogP contribution in [0, 0.1) is 11.8 Å². The largest absolute Gasteiger partial charge is 0.481 e. The molecule has 1 aliphatic heterocycles. The van der Waals surface area contributed by atoms with Gasteiger partial charge >= 0.3 is 5.97 Å². The SMILES string of the molecule is CCC(CC)(C(=O)N1CCC(C(=O)O)C(C)C1)c1ccccc1. The molecule has 0 spiro atoms. The van der Waals surface area contributed by atoms with E-state index in [0.29, 0.717) is 19.5 Å². The van der Waals surface area contributed by atoms with Gasteiger partial charge in [0.15, 0.2) is 0 Å². The van der Waals surface area contributed by atoms with Gasteiger partial charge in [-0.15, -0.1) is 0 Å². The van der Waals surface area contributed by atoms with Crippen LogP contribution in [0.15, 0.2) is 30.3 Å². The lowest BCUT2D eigenvalue weighted by atomic mass is 9.73. The third kappa shape index (κ3) is 3.26. The zero-order valence-corrected chi connectivity index (χ0v) is 14.3. The molecule has 1 heterocycles. The second-order valence-corrected chi connectivity index (χ2v) is 6.62. The predicted octanol–water partition coefficient (Wildman–Crippen LogP) is 3.31. The van der Waals surface area contributed by atoms with Crippen molar-refractivity contribution in [1.29, 1.82) is 0 Å². The number of hydrogen-bond acceptors (Lipinski definition) is 2. The lowest BCUT2D eigenvalue weighted by Crippen LogP contribution is -2.52. The van der Waals surface area contributed by atoms with Gasteiger partial charge in [-0.3, -0.25) is 9.59 Å².